The van der Waals surface area contributed by atoms with Crippen molar-refractivity contribution in [2.45, 2.75) is 26.1 Å². The average Bonchev–Trinajstić information content (AvgIpc) is 2.28. The molecule has 0 saturated carbocycles. The molecule has 4 nitrogen and oxygen atoms in total. The third kappa shape index (κ3) is 2.77. The summed E-state index contributed by atoms with van der Waals surface area (Å²) in [7, 11) is 0. The third-order valence-electron chi connectivity index (χ3n) is 2.96. The van der Waals surface area contributed by atoms with Crippen LogP contribution in [0.25, 0.3) is 0 Å². The average molecular weight is 233 g/mol. The number of hydrogen-bond donors (Lipinski definition) is 2. The largest absolute Gasteiger partial charge is 0.384 e. The molecule has 1 fully saturated rings. The fourth-order valence-corrected chi connectivity index (χ4v) is 2.24. The summed E-state index contributed by atoms with van der Waals surface area (Å²) >= 11 is 0. The standard InChI is InChI=1S/C13H19N3O/c1-9-7-16(8-10(2)17-9)12-5-3-11(4-6-12)13(14)15/h3-6,9-10H,7-8H2,1-2H3,(H3,14,15). The zero-order chi connectivity index (χ0) is 12.4. The number of rotatable bonds is 2. The molecule has 0 spiro atoms. The molecule has 17 heavy (non-hydrogen) atoms. The summed E-state index contributed by atoms with van der Waals surface area (Å²) in [5.41, 5.74) is 7.37. The van der Waals surface area contributed by atoms with Gasteiger partial charge in [-0.1, -0.05) is 0 Å². The van der Waals surface area contributed by atoms with E-state index < -0.39 is 0 Å². The molecule has 1 heterocycles. The van der Waals surface area contributed by atoms with Crippen molar-refractivity contribution in [3.63, 3.8) is 0 Å². The van der Waals surface area contributed by atoms with Crippen molar-refractivity contribution >= 4 is 11.5 Å². The molecular formula is C13H19N3O. The van der Waals surface area contributed by atoms with Gasteiger partial charge in [-0.25, -0.2) is 0 Å². The van der Waals surface area contributed by atoms with Crippen molar-refractivity contribution in [3.8, 4) is 0 Å². The van der Waals surface area contributed by atoms with Crippen LogP contribution in [0.5, 0.6) is 0 Å². The van der Waals surface area contributed by atoms with Gasteiger partial charge in [0.1, 0.15) is 5.84 Å². The van der Waals surface area contributed by atoms with Crippen LogP contribution in [0.3, 0.4) is 0 Å². The van der Waals surface area contributed by atoms with Crippen LogP contribution in [0.1, 0.15) is 19.4 Å². The van der Waals surface area contributed by atoms with E-state index in [4.69, 9.17) is 15.9 Å². The summed E-state index contributed by atoms with van der Waals surface area (Å²) in [5.74, 6) is 0.111. The lowest BCUT2D eigenvalue weighted by Gasteiger charge is -2.36. The first-order valence-electron chi connectivity index (χ1n) is 5.91. The van der Waals surface area contributed by atoms with Gasteiger partial charge in [0.25, 0.3) is 0 Å². The highest BCUT2D eigenvalue weighted by Gasteiger charge is 2.22. The van der Waals surface area contributed by atoms with Crippen molar-refractivity contribution in [1.82, 2.24) is 0 Å². The van der Waals surface area contributed by atoms with Crippen molar-refractivity contribution < 1.29 is 4.74 Å². The van der Waals surface area contributed by atoms with Crippen LogP contribution in [0.2, 0.25) is 0 Å². The Morgan fingerprint density at radius 2 is 1.76 bits per heavy atom. The molecule has 0 radical (unpaired) electrons. The van der Waals surface area contributed by atoms with Crippen LogP contribution in [0.4, 0.5) is 5.69 Å². The maximum Gasteiger partial charge on any atom is 0.122 e. The highest BCUT2D eigenvalue weighted by Crippen LogP contribution is 2.20. The molecule has 1 saturated heterocycles. The van der Waals surface area contributed by atoms with Crippen LogP contribution >= 0.6 is 0 Å². The van der Waals surface area contributed by atoms with Gasteiger partial charge in [0.15, 0.2) is 0 Å². The lowest BCUT2D eigenvalue weighted by atomic mass is 10.1. The Morgan fingerprint density at radius 3 is 2.24 bits per heavy atom. The zero-order valence-corrected chi connectivity index (χ0v) is 10.3. The minimum Gasteiger partial charge on any atom is -0.384 e. The summed E-state index contributed by atoms with van der Waals surface area (Å²) in [6.07, 6.45) is 0.512. The van der Waals surface area contributed by atoms with Gasteiger partial charge >= 0.3 is 0 Å². The Bertz CT molecular complexity index is 392. The van der Waals surface area contributed by atoms with Crippen LogP contribution in [0.15, 0.2) is 24.3 Å². The lowest BCUT2D eigenvalue weighted by molar-refractivity contribution is -0.00521. The number of nitrogens with zero attached hydrogens (tertiary/aromatic N) is 1. The van der Waals surface area contributed by atoms with Gasteiger partial charge < -0.3 is 15.4 Å². The molecule has 2 atom stereocenters. The van der Waals surface area contributed by atoms with Crippen LogP contribution in [-0.2, 0) is 4.74 Å². The van der Waals surface area contributed by atoms with E-state index >= 15 is 0 Å². The first kappa shape index (κ1) is 11.9. The number of amidine groups is 1. The van der Waals surface area contributed by atoms with Crippen LogP contribution in [-0.4, -0.2) is 31.1 Å². The van der Waals surface area contributed by atoms with Crippen molar-refractivity contribution in [2.24, 2.45) is 5.73 Å². The fraction of sp³-hybridized carbons (Fsp3) is 0.462. The maximum atomic E-state index is 7.36. The molecule has 0 bridgehead atoms. The van der Waals surface area contributed by atoms with E-state index in [0.29, 0.717) is 0 Å². The smallest absolute Gasteiger partial charge is 0.122 e. The van der Waals surface area contributed by atoms with Gasteiger partial charge in [-0.15, -0.1) is 0 Å². The van der Waals surface area contributed by atoms with E-state index in [-0.39, 0.29) is 18.0 Å². The molecule has 92 valence electrons. The Hall–Kier alpha value is -1.55. The Morgan fingerprint density at radius 1 is 1.24 bits per heavy atom. The summed E-state index contributed by atoms with van der Waals surface area (Å²) in [4.78, 5) is 2.31. The molecule has 3 N–H and O–H groups in total. The van der Waals surface area contributed by atoms with E-state index in [1.807, 2.05) is 24.3 Å². The summed E-state index contributed by atoms with van der Waals surface area (Å²) in [6, 6.07) is 7.81. The molecule has 0 amide bonds. The van der Waals surface area contributed by atoms with Crippen LogP contribution in [0, 0.1) is 5.41 Å². The quantitative estimate of drug-likeness (QED) is 0.602. The minimum absolute atomic E-state index is 0.111. The van der Waals surface area contributed by atoms with E-state index in [2.05, 4.69) is 18.7 Å². The Balaban J connectivity index is 2.14. The summed E-state index contributed by atoms with van der Waals surface area (Å²) < 4.78 is 5.70. The van der Waals surface area contributed by atoms with Gasteiger partial charge in [0, 0.05) is 24.3 Å². The zero-order valence-electron chi connectivity index (χ0n) is 10.3. The highest BCUT2D eigenvalue weighted by atomic mass is 16.5. The second-order valence-electron chi connectivity index (χ2n) is 4.62. The van der Waals surface area contributed by atoms with E-state index in [1.165, 1.54) is 0 Å². The maximum absolute atomic E-state index is 7.36. The molecule has 1 aromatic carbocycles. The molecule has 4 heteroatoms. The van der Waals surface area contributed by atoms with E-state index in [1.54, 1.807) is 0 Å². The summed E-state index contributed by atoms with van der Waals surface area (Å²) in [6.45, 7) is 5.99. The topological polar surface area (TPSA) is 62.3 Å². The van der Waals surface area contributed by atoms with Gasteiger partial charge in [0.2, 0.25) is 0 Å². The second kappa shape index (κ2) is 4.75. The molecule has 1 aromatic rings. The number of nitrogen functional groups attached to an aromatic ring is 1. The Kier molecular flexibility index (Phi) is 3.33. The number of anilines is 1. The fourth-order valence-electron chi connectivity index (χ4n) is 2.24. The molecule has 1 aliphatic rings. The highest BCUT2D eigenvalue weighted by molar-refractivity contribution is 5.95. The first-order valence-corrected chi connectivity index (χ1v) is 5.91. The number of hydrogen-bond acceptors (Lipinski definition) is 3. The van der Waals surface area contributed by atoms with Gasteiger partial charge in [-0.05, 0) is 38.1 Å². The first-order chi connectivity index (χ1) is 8.06. The molecule has 1 aliphatic heterocycles. The van der Waals surface area contributed by atoms with Crippen molar-refractivity contribution in [2.75, 3.05) is 18.0 Å². The number of nitrogens with two attached hydrogens (primary N) is 1. The third-order valence-corrected chi connectivity index (χ3v) is 2.96. The summed E-state index contributed by atoms with van der Waals surface area (Å²) in [5, 5.41) is 7.36. The monoisotopic (exact) mass is 233 g/mol. The van der Waals surface area contributed by atoms with Crippen molar-refractivity contribution in [1.29, 1.82) is 5.41 Å². The SMILES string of the molecule is CC1CN(c2ccc(C(=N)N)cc2)CC(C)O1. The van der Waals surface area contributed by atoms with E-state index in [0.717, 1.165) is 24.3 Å². The molecular weight excluding hydrogens is 214 g/mol. The van der Waals surface area contributed by atoms with Gasteiger partial charge in [-0.3, -0.25) is 5.41 Å². The molecule has 2 unspecified atom stereocenters. The van der Waals surface area contributed by atoms with E-state index in [9.17, 15) is 0 Å². The molecule has 0 aromatic heterocycles. The normalized spacial score (nSPS) is 24.7. The molecule has 0 aliphatic carbocycles. The predicted octanol–water partition coefficient (Wildman–Crippen LogP) is 1.58. The minimum atomic E-state index is 0.111. The lowest BCUT2D eigenvalue weighted by Crippen LogP contribution is -2.45. The van der Waals surface area contributed by atoms with Gasteiger partial charge in [-0.2, -0.15) is 0 Å². The van der Waals surface area contributed by atoms with Gasteiger partial charge in [0.05, 0.1) is 12.2 Å². The van der Waals surface area contributed by atoms with Crippen LogP contribution < -0.4 is 10.6 Å². The number of benzene rings is 1. The number of ether oxygens (including phenoxy) is 1. The predicted molar refractivity (Wildman–Crippen MR) is 69.7 cm³/mol. The molecule has 2 rings (SSSR count). The second-order valence-corrected chi connectivity index (χ2v) is 4.62. The Labute approximate surface area is 102 Å². The van der Waals surface area contributed by atoms with Crippen molar-refractivity contribution in [3.05, 3.63) is 29.8 Å². The number of morpholine rings is 1. The number of nitrogens with one attached hydrogen (secondary N) is 1.